The second-order valence-corrected chi connectivity index (χ2v) is 3.07. The lowest BCUT2D eigenvalue weighted by atomic mass is 10.1. The van der Waals surface area contributed by atoms with Gasteiger partial charge in [0.15, 0.2) is 0 Å². The van der Waals surface area contributed by atoms with Crippen molar-refractivity contribution in [1.82, 2.24) is 0 Å². The zero-order chi connectivity index (χ0) is 9.68. The van der Waals surface area contributed by atoms with Crippen molar-refractivity contribution in [2.45, 2.75) is 6.10 Å². The van der Waals surface area contributed by atoms with Crippen LogP contribution in [-0.4, -0.2) is 17.9 Å². The van der Waals surface area contributed by atoms with Crippen molar-refractivity contribution in [3.63, 3.8) is 0 Å². The molecule has 3 nitrogen and oxygen atoms in total. The summed E-state index contributed by atoms with van der Waals surface area (Å²) in [5, 5.41) is 9.38. The minimum absolute atomic E-state index is 0.239. The van der Waals surface area contributed by atoms with E-state index < -0.39 is 6.10 Å². The lowest BCUT2D eigenvalue weighted by Crippen LogP contribution is -2.11. The molecule has 0 heterocycles. The van der Waals surface area contributed by atoms with Gasteiger partial charge in [-0.05, 0) is 17.7 Å². The molecule has 0 aromatic heterocycles. The molecule has 0 aliphatic carbocycles. The van der Waals surface area contributed by atoms with Crippen LogP contribution in [0.25, 0.3) is 0 Å². The highest BCUT2D eigenvalue weighted by Crippen LogP contribution is 2.19. The maximum Gasteiger partial charge on any atom is 0.137 e. The molecule has 3 N–H and O–H groups in total. The van der Waals surface area contributed by atoms with Crippen LogP contribution >= 0.6 is 12.0 Å². The van der Waals surface area contributed by atoms with Crippen LogP contribution in [0.3, 0.4) is 0 Å². The standard InChI is InChI=1S/C9H13NO2S/c1-13-12-8-4-2-7(3-5-8)9(11)6-10/h2-5,9,11H,6,10H2,1H3. The molecule has 1 unspecified atom stereocenters. The molecule has 0 saturated carbocycles. The second-order valence-electron chi connectivity index (χ2n) is 2.57. The first-order valence-electron chi connectivity index (χ1n) is 3.96. The van der Waals surface area contributed by atoms with E-state index >= 15 is 0 Å². The molecule has 1 aromatic rings. The van der Waals surface area contributed by atoms with Crippen LogP contribution in [0.1, 0.15) is 11.7 Å². The third-order valence-electron chi connectivity index (χ3n) is 1.67. The molecule has 13 heavy (non-hydrogen) atoms. The van der Waals surface area contributed by atoms with Gasteiger partial charge in [-0.25, -0.2) is 0 Å². The first-order chi connectivity index (χ1) is 6.27. The molecule has 72 valence electrons. The molecule has 4 heteroatoms. The predicted octanol–water partition coefficient (Wildman–Crippen LogP) is 1.34. The summed E-state index contributed by atoms with van der Waals surface area (Å²) in [5.41, 5.74) is 6.13. The van der Waals surface area contributed by atoms with Gasteiger partial charge in [0, 0.05) is 12.8 Å². The van der Waals surface area contributed by atoms with Crippen LogP contribution in [0.2, 0.25) is 0 Å². The van der Waals surface area contributed by atoms with Crippen LogP contribution < -0.4 is 9.92 Å². The molecule has 1 rings (SSSR count). The molecule has 1 aromatic carbocycles. The van der Waals surface area contributed by atoms with E-state index in [1.807, 2.05) is 30.5 Å². The first-order valence-corrected chi connectivity index (χ1v) is 5.11. The van der Waals surface area contributed by atoms with E-state index in [1.54, 1.807) is 0 Å². The largest absolute Gasteiger partial charge is 0.426 e. The van der Waals surface area contributed by atoms with Crippen molar-refractivity contribution < 1.29 is 9.29 Å². The Kier molecular flexibility index (Phi) is 4.08. The Balaban J connectivity index is 2.69. The molecule has 0 bridgehead atoms. The number of hydrogen-bond donors (Lipinski definition) is 2. The Bertz CT molecular complexity index is 250. The number of benzene rings is 1. The van der Waals surface area contributed by atoms with E-state index in [4.69, 9.17) is 9.92 Å². The molecule has 0 saturated heterocycles. The van der Waals surface area contributed by atoms with E-state index in [0.29, 0.717) is 0 Å². The molecular weight excluding hydrogens is 186 g/mol. The average Bonchev–Trinajstić information content (AvgIpc) is 2.18. The Morgan fingerprint density at radius 2 is 2.08 bits per heavy atom. The van der Waals surface area contributed by atoms with Crippen molar-refractivity contribution in [3.8, 4) is 5.75 Å². The number of hydrogen-bond acceptors (Lipinski definition) is 4. The molecule has 0 aliphatic heterocycles. The zero-order valence-corrected chi connectivity index (χ0v) is 8.25. The maximum atomic E-state index is 9.38. The fourth-order valence-electron chi connectivity index (χ4n) is 0.978. The maximum absolute atomic E-state index is 9.38. The minimum Gasteiger partial charge on any atom is -0.426 e. The summed E-state index contributed by atoms with van der Waals surface area (Å²) < 4.78 is 5.18. The van der Waals surface area contributed by atoms with Gasteiger partial charge in [-0.2, -0.15) is 0 Å². The van der Waals surface area contributed by atoms with E-state index in [0.717, 1.165) is 11.3 Å². The normalized spacial score (nSPS) is 12.5. The number of nitrogens with two attached hydrogens (primary N) is 1. The average molecular weight is 199 g/mol. The number of aliphatic hydroxyl groups excluding tert-OH is 1. The van der Waals surface area contributed by atoms with Gasteiger partial charge in [-0.3, -0.25) is 0 Å². The van der Waals surface area contributed by atoms with Crippen LogP contribution in [0.15, 0.2) is 24.3 Å². The number of rotatable bonds is 4. The smallest absolute Gasteiger partial charge is 0.137 e. The lowest BCUT2D eigenvalue weighted by Gasteiger charge is -2.08. The highest BCUT2D eigenvalue weighted by atomic mass is 32.2. The fourth-order valence-corrected chi connectivity index (χ4v) is 1.28. The van der Waals surface area contributed by atoms with Gasteiger partial charge in [0.25, 0.3) is 0 Å². The third kappa shape index (κ3) is 2.91. The fraction of sp³-hybridized carbons (Fsp3) is 0.333. The molecule has 1 atom stereocenters. The van der Waals surface area contributed by atoms with E-state index in [-0.39, 0.29) is 6.54 Å². The molecular formula is C9H13NO2S. The van der Waals surface area contributed by atoms with Crippen molar-refractivity contribution in [3.05, 3.63) is 29.8 Å². The topological polar surface area (TPSA) is 55.5 Å². The second kappa shape index (κ2) is 5.11. The molecule has 0 fully saturated rings. The van der Waals surface area contributed by atoms with Crippen molar-refractivity contribution >= 4 is 12.0 Å². The summed E-state index contributed by atoms with van der Waals surface area (Å²) in [4.78, 5) is 0. The van der Waals surface area contributed by atoms with Gasteiger partial charge in [0.05, 0.1) is 18.1 Å². The summed E-state index contributed by atoms with van der Waals surface area (Å²) >= 11 is 1.29. The van der Waals surface area contributed by atoms with E-state index in [2.05, 4.69) is 0 Å². The molecule has 0 aliphatic rings. The Morgan fingerprint density at radius 1 is 1.46 bits per heavy atom. The van der Waals surface area contributed by atoms with Crippen LogP contribution in [-0.2, 0) is 0 Å². The minimum atomic E-state index is -0.580. The Morgan fingerprint density at radius 3 is 2.54 bits per heavy atom. The number of aliphatic hydroxyl groups is 1. The van der Waals surface area contributed by atoms with Crippen molar-refractivity contribution in [2.75, 3.05) is 12.8 Å². The summed E-state index contributed by atoms with van der Waals surface area (Å²) in [6.07, 6.45) is 1.27. The summed E-state index contributed by atoms with van der Waals surface area (Å²) in [6.45, 7) is 0.239. The van der Waals surface area contributed by atoms with Gasteiger partial charge in [0.2, 0.25) is 0 Å². The Hall–Kier alpha value is -0.710. The Labute approximate surface area is 82.1 Å². The van der Waals surface area contributed by atoms with Crippen molar-refractivity contribution in [2.24, 2.45) is 5.73 Å². The third-order valence-corrected chi connectivity index (χ3v) is 2.03. The van der Waals surface area contributed by atoms with Gasteiger partial charge in [-0.1, -0.05) is 12.1 Å². The van der Waals surface area contributed by atoms with Gasteiger partial charge in [0.1, 0.15) is 5.75 Å². The SMILES string of the molecule is CSOc1ccc(C(O)CN)cc1. The zero-order valence-electron chi connectivity index (χ0n) is 7.43. The van der Waals surface area contributed by atoms with Crippen LogP contribution in [0.5, 0.6) is 5.75 Å². The monoisotopic (exact) mass is 199 g/mol. The molecule has 0 radical (unpaired) electrons. The molecule has 0 amide bonds. The predicted molar refractivity (Wildman–Crippen MR) is 54.6 cm³/mol. The van der Waals surface area contributed by atoms with Crippen molar-refractivity contribution in [1.29, 1.82) is 0 Å². The van der Waals surface area contributed by atoms with E-state index in [9.17, 15) is 5.11 Å². The highest BCUT2D eigenvalue weighted by molar-refractivity contribution is 7.94. The van der Waals surface area contributed by atoms with Gasteiger partial charge in [-0.15, -0.1) is 0 Å². The van der Waals surface area contributed by atoms with Gasteiger partial charge < -0.3 is 15.0 Å². The highest BCUT2D eigenvalue weighted by Gasteiger charge is 2.04. The van der Waals surface area contributed by atoms with E-state index in [1.165, 1.54) is 12.0 Å². The van der Waals surface area contributed by atoms with Crippen LogP contribution in [0.4, 0.5) is 0 Å². The quantitative estimate of drug-likeness (QED) is 0.718. The van der Waals surface area contributed by atoms with Crippen LogP contribution in [0, 0.1) is 0 Å². The molecule has 0 spiro atoms. The summed E-state index contributed by atoms with van der Waals surface area (Å²) in [6, 6.07) is 7.24. The van der Waals surface area contributed by atoms with Gasteiger partial charge >= 0.3 is 0 Å². The first kappa shape index (κ1) is 10.4. The summed E-state index contributed by atoms with van der Waals surface area (Å²) in [7, 11) is 0. The lowest BCUT2D eigenvalue weighted by molar-refractivity contribution is 0.186. The summed E-state index contributed by atoms with van der Waals surface area (Å²) in [5.74, 6) is 0.778.